The first kappa shape index (κ1) is 16.3. The van der Waals surface area contributed by atoms with Gasteiger partial charge in [-0.3, -0.25) is 0 Å². The van der Waals surface area contributed by atoms with Crippen LogP contribution in [0.4, 0.5) is 5.69 Å². The molecule has 0 radical (unpaired) electrons. The summed E-state index contributed by atoms with van der Waals surface area (Å²) in [5, 5.41) is 12.4. The first-order chi connectivity index (χ1) is 10.1. The summed E-state index contributed by atoms with van der Waals surface area (Å²) in [5.74, 6) is 0. The van der Waals surface area contributed by atoms with Crippen LogP contribution in [0.1, 0.15) is 31.7 Å². The average molecular weight is 312 g/mol. The number of aliphatic hydroxyl groups is 1. The van der Waals surface area contributed by atoms with Crippen LogP contribution in [0.2, 0.25) is 0 Å². The molecule has 0 aromatic heterocycles. The Bertz CT molecular complexity index is 572. The maximum atomic E-state index is 12.7. The molecule has 1 aliphatic rings. The predicted molar refractivity (Wildman–Crippen MR) is 84.0 cm³/mol. The molecule has 1 heterocycles. The zero-order chi connectivity index (χ0) is 15.3. The summed E-state index contributed by atoms with van der Waals surface area (Å²) in [7, 11) is -3.54. The number of nitrogens with zero attached hydrogens (tertiary/aromatic N) is 1. The molecule has 1 aliphatic heterocycles. The molecule has 0 aliphatic carbocycles. The van der Waals surface area contributed by atoms with E-state index in [2.05, 4.69) is 5.32 Å². The van der Waals surface area contributed by atoms with E-state index in [0.717, 1.165) is 37.9 Å². The Kier molecular flexibility index (Phi) is 5.61. The first-order valence-corrected chi connectivity index (χ1v) is 9.01. The second-order valence-corrected chi connectivity index (χ2v) is 7.27. The quantitative estimate of drug-likeness (QED) is 0.806. The maximum Gasteiger partial charge on any atom is 0.243 e. The van der Waals surface area contributed by atoms with E-state index in [1.165, 1.54) is 9.87 Å². The van der Waals surface area contributed by atoms with E-state index in [1.807, 2.05) is 13.0 Å². The number of aliphatic hydroxyl groups excluding tert-OH is 1. The molecule has 6 heteroatoms. The molecule has 1 aromatic rings. The highest BCUT2D eigenvalue weighted by molar-refractivity contribution is 7.89. The standard InChI is InChI=1S/C15H24N2O3S/c1-2-3-9-17(10-11-18)21(19,20)14-7-6-13-5-4-8-16-15(13)12-14/h6-7,12,16,18H,2-5,8-11H2,1H3. The molecule has 0 bridgehead atoms. The lowest BCUT2D eigenvalue weighted by atomic mass is 10.0. The van der Waals surface area contributed by atoms with Crippen LogP contribution in [0.15, 0.2) is 23.1 Å². The van der Waals surface area contributed by atoms with E-state index < -0.39 is 10.0 Å². The highest BCUT2D eigenvalue weighted by atomic mass is 32.2. The normalized spacial score (nSPS) is 14.8. The second kappa shape index (κ2) is 7.24. The summed E-state index contributed by atoms with van der Waals surface area (Å²) in [5.41, 5.74) is 2.09. The van der Waals surface area contributed by atoms with Gasteiger partial charge in [-0.2, -0.15) is 4.31 Å². The molecule has 0 amide bonds. The third-order valence-electron chi connectivity index (χ3n) is 3.77. The number of rotatable bonds is 7. The molecule has 0 saturated heterocycles. The van der Waals surface area contributed by atoms with E-state index >= 15 is 0 Å². The molecule has 0 atom stereocenters. The van der Waals surface area contributed by atoms with Crippen molar-refractivity contribution in [1.29, 1.82) is 0 Å². The largest absolute Gasteiger partial charge is 0.395 e. The van der Waals surface area contributed by atoms with Crippen molar-refractivity contribution in [3.8, 4) is 0 Å². The summed E-state index contributed by atoms with van der Waals surface area (Å²) < 4.78 is 26.8. The third-order valence-corrected chi connectivity index (χ3v) is 5.66. The minimum Gasteiger partial charge on any atom is -0.395 e. The fourth-order valence-electron chi connectivity index (χ4n) is 2.55. The summed E-state index contributed by atoms with van der Waals surface area (Å²) in [4.78, 5) is 0.306. The molecule has 0 saturated carbocycles. The van der Waals surface area contributed by atoms with Crippen molar-refractivity contribution in [2.75, 3.05) is 31.6 Å². The van der Waals surface area contributed by atoms with Crippen LogP contribution in [0.3, 0.4) is 0 Å². The number of hydrogen-bond acceptors (Lipinski definition) is 4. The van der Waals surface area contributed by atoms with Crippen LogP contribution in [-0.2, 0) is 16.4 Å². The number of aryl methyl sites for hydroxylation is 1. The van der Waals surface area contributed by atoms with Crippen molar-refractivity contribution in [3.63, 3.8) is 0 Å². The van der Waals surface area contributed by atoms with Gasteiger partial charge in [0.1, 0.15) is 0 Å². The van der Waals surface area contributed by atoms with Gasteiger partial charge in [0, 0.05) is 25.3 Å². The molecule has 21 heavy (non-hydrogen) atoms. The smallest absolute Gasteiger partial charge is 0.243 e. The van der Waals surface area contributed by atoms with E-state index in [1.54, 1.807) is 12.1 Å². The highest BCUT2D eigenvalue weighted by Gasteiger charge is 2.24. The van der Waals surface area contributed by atoms with Crippen LogP contribution in [0, 0.1) is 0 Å². The monoisotopic (exact) mass is 312 g/mol. The number of hydrogen-bond donors (Lipinski definition) is 2. The van der Waals surface area contributed by atoms with E-state index in [9.17, 15) is 8.42 Å². The Balaban J connectivity index is 2.28. The minimum atomic E-state index is -3.54. The van der Waals surface area contributed by atoms with Gasteiger partial charge in [-0.15, -0.1) is 0 Å². The molecular weight excluding hydrogens is 288 g/mol. The van der Waals surface area contributed by atoms with Crippen molar-refractivity contribution in [3.05, 3.63) is 23.8 Å². The predicted octanol–water partition coefficient (Wildman–Crippen LogP) is 1.83. The molecule has 0 fully saturated rings. The van der Waals surface area contributed by atoms with Crippen LogP contribution < -0.4 is 5.32 Å². The second-order valence-electron chi connectivity index (χ2n) is 5.33. The molecule has 5 nitrogen and oxygen atoms in total. The van der Waals surface area contributed by atoms with Crippen LogP contribution in [0.25, 0.3) is 0 Å². The van der Waals surface area contributed by atoms with Gasteiger partial charge in [0.25, 0.3) is 0 Å². The minimum absolute atomic E-state index is 0.146. The Morgan fingerprint density at radius 2 is 2.14 bits per heavy atom. The van der Waals surface area contributed by atoms with Crippen LogP contribution >= 0.6 is 0 Å². The SMILES string of the molecule is CCCCN(CCO)S(=O)(=O)c1ccc2c(c1)NCCC2. The molecular formula is C15H24N2O3S. The average Bonchev–Trinajstić information content (AvgIpc) is 2.50. The summed E-state index contributed by atoms with van der Waals surface area (Å²) in [6, 6.07) is 5.29. The topological polar surface area (TPSA) is 69.6 Å². The van der Waals surface area contributed by atoms with Crippen molar-refractivity contribution >= 4 is 15.7 Å². The molecule has 0 spiro atoms. The number of sulfonamides is 1. The fourth-order valence-corrected chi connectivity index (χ4v) is 4.04. The molecule has 0 unspecified atom stereocenters. The lowest BCUT2D eigenvalue weighted by Gasteiger charge is -2.23. The molecule has 2 rings (SSSR count). The molecule has 118 valence electrons. The zero-order valence-corrected chi connectivity index (χ0v) is 13.3. The van der Waals surface area contributed by atoms with Gasteiger partial charge in [0.05, 0.1) is 11.5 Å². The van der Waals surface area contributed by atoms with E-state index in [-0.39, 0.29) is 13.2 Å². The summed E-state index contributed by atoms with van der Waals surface area (Å²) in [6.45, 7) is 3.34. The number of nitrogens with one attached hydrogen (secondary N) is 1. The van der Waals surface area contributed by atoms with Gasteiger partial charge in [-0.25, -0.2) is 8.42 Å². The third kappa shape index (κ3) is 3.75. The Morgan fingerprint density at radius 3 is 2.86 bits per heavy atom. The van der Waals surface area contributed by atoms with E-state index in [4.69, 9.17) is 5.11 Å². The van der Waals surface area contributed by atoms with Gasteiger partial charge < -0.3 is 10.4 Å². The Morgan fingerprint density at radius 1 is 1.33 bits per heavy atom. The molecule has 1 aromatic carbocycles. The maximum absolute atomic E-state index is 12.7. The zero-order valence-electron chi connectivity index (χ0n) is 12.5. The highest BCUT2D eigenvalue weighted by Crippen LogP contribution is 2.26. The summed E-state index contributed by atoms with van der Waals surface area (Å²) >= 11 is 0. The van der Waals surface area contributed by atoms with Crippen molar-refractivity contribution in [1.82, 2.24) is 4.31 Å². The van der Waals surface area contributed by atoms with Gasteiger partial charge in [0.15, 0.2) is 0 Å². The van der Waals surface area contributed by atoms with Crippen LogP contribution in [-0.4, -0.2) is 44.1 Å². The van der Waals surface area contributed by atoms with Gasteiger partial charge in [0.2, 0.25) is 10.0 Å². The van der Waals surface area contributed by atoms with Crippen molar-refractivity contribution in [2.45, 2.75) is 37.5 Å². The van der Waals surface area contributed by atoms with Crippen LogP contribution in [0.5, 0.6) is 0 Å². The fraction of sp³-hybridized carbons (Fsp3) is 0.600. The molecule has 2 N–H and O–H groups in total. The lowest BCUT2D eigenvalue weighted by molar-refractivity contribution is 0.252. The van der Waals surface area contributed by atoms with Crippen molar-refractivity contribution in [2.24, 2.45) is 0 Å². The summed E-state index contributed by atoms with van der Waals surface area (Å²) in [6.07, 6.45) is 3.77. The lowest BCUT2D eigenvalue weighted by Crippen LogP contribution is -2.34. The number of anilines is 1. The van der Waals surface area contributed by atoms with Crippen molar-refractivity contribution < 1.29 is 13.5 Å². The Labute approximate surface area is 127 Å². The Hall–Kier alpha value is -1.11. The number of unbranched alkanes of at least 4 members (excludes halogenated alkanes) is 1. The van der Waals surface area contributed by atoms with E-state index in [0.29, 0.717) is 11.4 Å². The van der Waals surface area contributed by atoms with Gasteiger partial charge >= 0.3 is 0 Å². The number of fused-ring (bicyclic) bond motifs is 1. The number of benzene rings is 1. The van der Waals surface area contributed by atoms with Gasteiger partial charge in [-0.1, -0.05) is 19.4 Å². The first-order valence-electron chi connectivity index (χ1n) is 7.57. The van der Waals surface area contributed by atoms with Gasteiger partial charge in [-0.05, 0) is 37.0 Å².